The molecular formula is C21H24N4. The normalized spacial score (nSPS) is 10.6. The number of benzene rings is 2. The monoisotopic (exact) mass is 332 g/mol. The lowest BCUT2D eigenvalue weighted by Gasteiger charge is -2.12. The highest BCUT2D eigenvalue weighted by molar-refractivity contribution is 5.61. The number of nitrogens with one attached hydrogen (secondary N) is 2. The summed E-state index contributed by atoms with van der Waals surface area (Å²) in [6.07, 6.45) is 0. The van der Waals surface area contributed by atoms with Crippen LogP contribution < -0.4 is 10.6 Å². The summed E-state index contributed by atoms with van der Waals surface area (Å²) in [6, 6.07) is 16.7. The van der Waals surface area contributed by atoms with E-state index in [1.165, 1.54) is 22.3 Å². The van der Waals surface area contributed by atoms with Gasteiger partial charge in [-0.2, -0.15) is 0 Å². The Labute approximate surface area is 149 Å². The molecule has 0 atom stereocenters. The predicted molar refractivity (Wildman–Crippen MR) is 104 cm³/mol. The van der Waals surface area contributed by atoms with Gasteiger partial charge >= 0.3 is 0 Å². The van der Waals surface area contributed by atoms with Crippen LogP contribution in [0.5, 0.6) is 0 Å². The van der Waals surface area contributed by atoms with Gasteiger partial charge in [-0.1, -0.05) is 30.3 Å². The number of aryl methyl sites for hydroxylation is 4. The average Bonchev–Trinajstić information content (AvgIpc) is 2.52. The Morgan fingerprint density at radius 2 is 1.48 bits per heavy atom. The highest BCUT2D eigenvalue weighted by atomic mass is 15.1. The van der Waals surface area contributed by atoms with Crippen molar-refractivity contribution < 1.29 is 0 Å². The molecule has 3 rings (SSSR count). The van der Waals surface area contributed by atoms with E-state index in [-0.39, 0.29) is 0 Å². The first-order valence-electron chi connectivity index (χ1n) is 8.49. The molecule has 0 aliphatic rings. The molecule has 0 fully saturated rings. The van der Waals surface area contributed by atoms with Gasteiger partial charge in [0.2, 0.25) is 0 Å². The van der Waals surface area contributed by atoms with E-state index >= 15 is 0 Å². The third-order valence-corrected chi connectivity index (χ3v) is 4.05. The van der Waals surface area contributed by atoms with Gasteiger partial charge in [0.25, 0.3) is 0 Å². The Kier molecular flexibility index (Phi) is 4.98. The summed E-state index contributed by atoms with van der Waals surface area (Å²) in [5.41, 5.74) is 6.04. The van der Waals surface area contributed by atoms with E-state index < -0.39 is 0 Å². The van der Waals surface area contributed by atoms with Crippen LogP contribution in [-0.2, 0) is 6.54 Å². The number of hydrogen-bond acceptors (Lipinski definition) is 4. The van der Waals surface area contributed by atoms with Gasteiger partial charge in [-0.15, -0.1) is 0 Å². The average molecular weight is 332 g/mol. The zero-order chi connectivity index (χ0) is 17.8. The van der Waals surface area contributed by atoms with Gasteiger partial charge in [-0.25, -0.2) is 9.97 Å². The Morgan fingerprint density at radius 1 is 0.800 bits per heavy atom. The van der Waals surface area contributed by atoms with Crippen LogP contribution in [0, 0.1) is 27.7 Å². The molecule has 4 nitrogen and oxygen atoms in total. The van der Waals surface area contributed by atoms with Gasteiger partial charge in [0, 0.05) is 18.3 Å². The predicted octanol–water partition coefficient (Wildman–Crippen LogP) is 5.07. The number of anilines is 3. The molecule has 128 valence electrons. The van der Waals surface area contributed by atoms with Crippen LogP contribution >= 0.6 is 0 Å². The minimum Gasteiger partial charge on any atom is -0.366 e. The lowest BCUT2D eigenvalue weighted by Crippen LogP contribution is -2.06. The van der Waals surface area contributed by atoms with Crippen molar-refractivity contribution in [1.29, 1.82) is 0 Å². The SMILES string of the molecule is Cc1cc(C)cc(Nc2cc(NCc3ccccc3C)nc(C)n2)c1. The molecule has 2 aromatic carbocycles. The zero-order valence-corrected chi connectivity index (χ0v) is 15.2. The number of hydrogen-bond donors (Lipinski definition) is 2. The molecule has 0 aliphatic heterocycles. The van der Waals surface area contributed by atoms with Gasteiger partial charge < -0.3 is 10.6 Å². The number of rotatable bonds is 5. The molecule has 0 bridgehead atoms. The molecule has 1 heterocycles. The van der Waals surface area contributed by atoms with Crippen molar-refractivity contribution in [3.63, 3.8) is 0 Å². The smallest absolute Gasteiger partial charge is 0.136 e. The lowest BCUT2D eigenvalue weighted by atomic mass is 10.1. The van der Waals surface area contributed by atoms with Crippen molar-refractivity contribution in [3.8, 4) is 0 Å². The summed E-state index contributed by atoms with van der Waals surface area (Å²) >= 11 is 0. The molecule has 25 heavy (non-hydrogen) atoms. The quantitative estimate of drug-likeness (QED) is 0.685. The topological polar surface area (TPSA) is 49.8 Å². The molecule has 0 saturated heterocycles. The Morgan fingerprint density at radius 3 is 2.20 bits per heavy atom. The molecule has 0 saturated carbocycles. The summed E-state index contributed by atoms with van der Waals surface area (Å²) in [5.74, 6) is 2.36. The van der Waals surface area contributed by atoms with Crippen LogP contribution in [0.4, 0.5) is 17.3 Å². The van der Waals surface area contributed by atoms with Crippen LogP contribution in [0.25, 0.3) is 0 Å². The molecule has 3 aromatic rings. The minimum absolute atomic E-state index is 0.738. The highest BCUT2D eigenvalue weighted by Crippen LogP contribution is 2.20. The summed E-state index contributed by atoms with van der Waals surface area (Å²) < 4.78 is 0. The van der Waals surface area contributed by atoms with E-state index in [1.54, 1.807) is 0 Å². The van der Waals surface area contributed by atoms with Gasteiger partial charge in [0.05, 0.1) is 0 Å². The molecule has 0 spiro atoms. The van der Waals surface area contributed by atoms with Crippen molar-refractivity contribution in [2.24, 2.45) is 0 Å². The fourth-order valence-electron chi connectivity index (χ4n) is 2.91. The van der Waals surface area contributed by atoms with Crippen LogP contribution in [0.15, 0.2) is 48.5 Å². The second kappa shape index (κ2) is 7.34. The first-order valence-corrected chi connectivity index (χ1v) is 8.49. The molecule has 2 N–H and O–H groups in total. The van der Waals surface area contributed by atoms with Crippen molar-refractivity contribution in [2.75, 3.05) is 10.6 Å². The Balaban J connectivity index is 1.77. The third-order valence-electron chi connectivity index (χ3n) is 4.05. The molecule has 0 unspecified atom stereocenters. The van der Waals surface area contributed by atoms with Crippen LogP contribution in [-0.4, -0.2) is 9.97 Å². The number of nitrogens with zero attached hydrogens (tertiary/aromatic N) is 2. The Hall–Kier alpha value is -2.88. The van der Waals surface area contributed by atoms with Crippen molar-refractivity contribution >= 4 is 17.3 Å². The van der Waals surface area contributed by atoms with E-state index in [4.69, 9.17) is 0 Å². The summed E-state index contributed by atoms with van der Waals surface area (Å²) in [6.45, 7) is 8.96. The van der Waals surface area contributed by atoms with E-state index in [0.29, 0.717) is 0 Å². The molecule has 1 aromatic heterocycles. The molecule has 4 heteroatoms. The van der Waals surface area contributed by atoms with Crippen LogP contribution in [0.1, 0.15) is 28.1 Å². The van der Waals surface area contributed by atoms with Crippen LogP contribution in [0.3, 0.4) is 0 Å². The Bertz CT molecular complexity index is 867. The standard InChI is InChI=1S/C21H24N4/c1-14-9-15(2)11-19(10-14)25-21-12-20(23-17(4)24-21)22-13-18-8-6-5-7-16(18)3/h5-12H,13H2,1-4H3,(H2,22,23,24,25). The first-order chi connectivity index (χ1) is 12.0. The van der Waals surface area contributed by atoms with Gasteiger partial charge in [0.15, 0.2) is 0 Å². The number of aromatic nitrogens is 2. The first kappa shape index (κ1) is 17.0. The van der Waals surface area contributed by atoms with E-state index in [9.17, 15) is 0 Å². The fourth-order valence-corrected chi connectivity index (χ4v) is 2.91. The van der Waals surface area contributed by atoms with E-state index in [2.05, 4.69) is 83.8 Å². The van der Waals surface area contributed by atoms with Gasteiger partial charge in [0.1, 0.15) is 17.5 Å². The molecule has 0 amide bonds. The fraction of sp³-hybridized carbons (Fsp3) is 0.238. The van der Waals surface area contributed by atoms with Crippen molar-refractivity contribution in [2.45, 2.75) is 34.2 Å². The summed E-state index contributed by atoms with van der Waals surface area (Å²) in [5, 5.41) is 6.79. The maximum absolute atomic E-state index is 4.50. The third kappa shape index (κ3) is 4.57. The molecule has 0 radical (unpaired) electrons. The van der Waals surface area contributed by atoms with E-state index in [1.807, 2.05) is 13.0 Å². The molecule has 0 aliphatic carbocycles. The highest BCUT2D eigenvalue weighted by Gasteiger charge is 2.04. The maximum Gasteiger partial charge on any atom is 0.136 e. The maximum atomic E-state index is 4.50. The molecular weight excluding hydrogens is 308 g/mol. The van der Waals surface area contributed by atoms with Crippen molar-refractivity contribution in [3.05, 3.63) is 76.6 Å². The van der Waals surface area contributed by atoms with Crippen molar-refractivity contribution in [1.82, 2.24) is 9.97 Å². The minimum atomic E-state index is 0.738. The lowest BCUT2D eigenvalue weighted by molar-refractivity contribution is 1.02. The second-order valence-electron chi connectivity index (χ2n) is 6.47. The summed E-state index contributed by atoms with van der Waals surface area (Å²) in [7, 11) is 0. The van der Waals surface area contributed by atoms with Crippen LogP contribution in [0.2, 0.25) is 0 Å². The van der Waals surface area contributed by atoms with Gasteiger partial charge in [-0.3, -0.25) is 0 Å². The summed E-state index contributed by atoms with van der Waals surface area (Å²) in [4.78, 5) is 8.99. The van der Waals surface area contributed by atoms with Gasteiger partial charge in [-0.05, 0) is 62.1 Å². The zero-order valence-electron chi connectivity index (χ0n) is 15.2. The second-order valence-corrected chi connectivity index (χ2v) is 6.47. The van der Waals surface area contributed by atoms with E-state index in [0.717, 1.165) is 29.7 Å². The largest absolute Gasteiger partial charge is 0.366 e.